The maximum atomic E-state index is 13.2. The zero-order valence-electron chi connectivity index (χ0n) is 70.8. The standard InChI is InChI=1S/C25H23BrCl2N2O2.C25H25Cl2N3O.2C25H30Cl2N2O2/c1-16-2-11-22(21(28)14-16)30-13-12-29(15-23(30)17-5-9-20(27)10-6-17)25(32)24(31)18-3-7-19(26)8-4-18;1-18-7-12-23(22(27)15-18)30-14-13-29(17-24(30)19-8-10-20(26)11-9-19)25(31)16-28-21-5-3-2-4-6-21;2*1-17-7-12-22(21(27)15-17)29-14-13-28(16-23(29)18-8-10-20(26)11-9-18)25(31)24(30)19-5-3-2-4-6-19/h2-11,14,23-24,31H,12-13,15H2,1H3;2-12,15,24,28H,13-14,16-17H2,1H3;2*7-12,15,19,23-24,30H,2-6,13-14,16H2,1H3/t23-,24?;24-;23-,24+;23-,24-/m0000/s1. The topological polar surface area (TPSA) is 167 Å². The van der Waals surface area contributed by atoms with E-state index in [0.29, 0.717) is 119 Å². The molecule has 4 N–H and O–H groups in total. The molecule has 16 rings (SSSR count). The molecule has 0 radical (unpaired) electrons. The highest BCUT2D eigenvalue weighted by Crippen LogP contribution is 2.43. The Kier molecular flexibility index (Phi) is 33.7. The lowest BCUT2D eigenvalue weighted by atomic mass is 9.84. The van der Waals surface area contributed by atoms with Gasteiger partial charge in [0, 0.05) is 109 Å². The molecular formula is C100H108BrCl8N9O7. The molecule has 16 nitrogen and oxygen atoms in total. The summed E-state index contributed by atoms with van der Waals surface area (Å²) in [6.45, 7) is 15.2. The Balaban J connectivity index is 0.000000143. The molecular weight excluding hydrogens is 1800 g/mol. The van der Waals surface area contributed by atoms with E-state index in [1.165, 1.54) is 12.8 Å². The summed E-state index contributed by atoms with van der Waals surface area (Å²) in [5.41, 5.74) is 14.1. The smallest absolute Gasteiger partial charge is 0.256 e. The second-order valence-corrected chi connectivity index (χ2v) is 37.7. The molecule has 6 aliphatic rings. The van der Waals surface area contributed by atoms with Gasteiger partial charge in [0.15, 0.2) is 6.10 Å². The van der Waals surface area contributed by atoms with Crippen molar-refractivity contribution >= 4 is 161 Å². The van der Waals surface area contributed by atoms with Crippen LogP contribution < -0.4 is 24.9 Å². The highest BCUT2D eigenvalue weighted by molar-refractivity contribution is 9.10. The minimum absolute atomic E-state index is 0.00750. The van der Waals surface area contributed by atoms with E-state index in [-0.39, 0.29) is 66.2 Å². The van der Waals surface area contributed by atoms with Crippen LogP contribution in [-0.2, 0) is 19.2 Å². The summed E-state index contributed by atoms with van der Waals surface area (Å²) in [5, 5.41) is 41.1. The van der Waals surface area contributed by atoms with E-state index in [2.05, 4.69) is 77.2 Å². The first-order valence-electron chi connectivity index (χ1n) is 43.1. The second kappa shape index (κ2) is 44.7. The number of para-hydroxylation sites is 1. The summed E-state index contributed by atoms with van der Waals surface area (Å²) in [7, 11) is 0. The van der Waals surface area contributed by atoms with Crippen LogP contribution in [0.25, 0.3) is 0 Å². The Morgan fingerprint density at radius 1 is 0.352 bits per heavy atom. The van der Waals surface area contributed by atoms with Gasteiger partial charge in [0.25, 0.3) is 17.7 Å². The number of carbonyl (C=O) groups is 4. The van der Waals surface area contributed by atoms with Gasteiger partial charge in [0.2, 0.25) is 5.91 Å². The SMILES string of the molecule is Cc1ccc(N2CCN(C(=O)C(O)c3ccc(Br)cc3)C[C@H]2c2ccc(Cl)cc2)c(Cl)c1.Cc1ccc(N2CCN(C(=O)CNc3ccccc3)C[C@H]2c2ccc(Cl)cc2)c(Cl)c1.Cc1ccc(N2CCN(C(=O)[C@@H](O)C3CCCCC3)C[C@H]2c2ccc(Cl)cc2)c(Cl)c1.Cc1ccc(N2CCN(C(=O)[C@H](O)C3CCCCC3)C[C@H]2c2ccc(Cl)cc2)c(Cl)c1. The number of halogens is 9. The molecule has 0 spiro atoms. The fourth-order valence-electron chi connectivity index (χ4n) is 17.9. The molecule has 6 fully saturated rings. The highest BCUT2D eigenvalue weighted by Gasteiger charge is 2.41. The summed E-state index contributed by atoms with van der Waals surface area (Å²) in [4.78, 5) is 68.9. The summed E-state index contributed by atoms with van der Waals surface area (Å²) >= 11 is 54.3. The Hall–Kier alpha value is -8.24. The van der Waals surface area contributed by atoms with E-state index in [1.54, 1.807) is 17.0 Å². The predicted molar refractivity (Wildman–Crippen MR) is 516 cm³/mol. The third kappa shape index (κ3) is 24.6. The van der Waals surface area contributed by atoms with Crippen LogP contribution in [0.15, 0.2) is 229 Å². The molecule has 4 aliphatic heterocycles. The van der Waals surface area contributed by atoms with Gasteiger partial charge in [-0.05, 0) is 237 Å². The fourth-order valence-corrected chi connectivity index (χ4v) is 20.0. The summed E-state index contributed by atoms with van der Waals surface area (Å²) < 4.78 is 0.896. The largest absolute Gasteiger partial charge is 0.383 e. The minimum atomic E-state index is -1.21. The van der Waals surface area contributed by atoms with Crippen molar-refractivity contribution in [3.8, 4) is 0 Å². The number of hydrogen-bond acceptors (Lipinski definition) is 12. The van der Waals surface area contributed by atoms with Crippen LogP contribution in [0.4, 0.5) is 28.4 Å². The fraction of sp³-hybridized carbons (Fsp3) is 0.360. The Bertz CT molecular complexity index is 5120. The number of hydrogen-bond donors (Lipinski definition) is 4. The summed E-state index contributed by atoms with van der Waals surface area (Å²) in [6.07, 6.45) is 7.54. The molecule has 4 saturated heterocycles. The monoisotopic (exact) mass is 1910 g/mol. The lowest BCUT2D eigenvalue weighted by Gasteiger charge is -2.44. The first-order valence-corrected chi connectivity index (χ1v) is 46.9. The van der Waals surface area contributed by atoms with E-state index < -0.39 is 18.3 Å². The van der Waals surface area contributed by atoms with Crippen molar-refractivity contribution in [1.29, 1.82) is 0 Å². The van der Waals surface area contributed by atoms with Gasteiger partial charge < -0.3 is 59.8 Å². The van der Waals surface area contributed by atoms with Crippen LogP contribution >= 0.6 is 109 Å². The number of piperazine rings is 4. The maximum Gasteiger partial charge on any atom is 0.256 e. The van der Waals surface area contributed by atoms with Crippen LogP contribution in [0.3, 0.4) is 0 Å². The van der Waals surface area contributed by atoms with Crippen LogP contribution in [0.2, 0.25) is 40.2 Å². The Morgan fingerprint density at radius 3 is 0.944 bits per heavy atom. The molecule has 25 heteroatoms. The van der Waals surface area contributed by atoms with E-state index >= 15 is 0 Å². The van der Waals surface area contributed by atoms with Crippen molar-refractivity contribution in [3.05, 3.63) is 319 Å². The third-order valence-electron chi connectivity index (χ3n) is 24.8. The van der Waals surface area contributed by atoms with E-state index in [0.717, 1.165) is 134 Å². The molecule has 2 aliphatic carbocycles. The van der Waals surface area contributed by atoms with Gasteiger partial charge in [-0.1, -0.05) is 250 Å². The number of aryl methyl sites for hydroxylation is 4. The van der Waals surface area contributed by atoms with Crippen molar-refractivity contribution in [1.82, 2.24) is 19.6 Å². The van der Waals surface area contributed by atoms with Crippen molar-refractivity contribution in [2.75, 3.05) is 110 Å². The van der Waals surface area contributed by atoms with Crippen LogP contribution in [0.1, 0.15) is 145 Å². The molecule has 1 unspecified atom stereocenters. The molecule has 4 amide bonds. The number of anilines is 5. The molecule has 4 heterocycles. The molecule has 125 heavy (non-hydrogen) atoms. The molecule has 0 aromatic heterocycles. The third-order valence-corrected chi connectivity index (χ3v) is 27.6. The van der Waals surface area contributed by atoms with Crippen LogP contribution in [-0.4, -0.2) is 156 Å². The molecule has 10 aromatic rings. The molecule has 2 saturated carbocycles. The number of nitrogens with one attached hydrogen (secondary N) is 1. The van der Waals surface area contributed by atoms with Gasteiger partial charge in [0.05, 0.1) is 73.6 Å². The van der Waals surface area contributed by atoms with Gasteiger partial charge >= 0.3 is 0 Å². The molecule has 10 aromatic carbocycles. The Labute approximate surface area is 783 Å². The van der Waals surface area contributed by atoms with E-state index in [9.17, 15) is 34.5 Å². The van der Waals surface area contributed by atoms with Gasteiger partial charge in [-0.25, -0.2) is 0 Å². The normalized spacial score (nSPS) is 19.0. The first kappa shape index (κ1) is 94.4. The minimum Gasteiger partial charge on any atom is -0.383 e. The lowest BCUT2D eigenvalue weighted by Crippen LogP contribution is -2.54. The first-order chi connectivity index (χ1) is 60.2. The quantitative estimate of drug-likeness (QED) is 0.0682. The summed E-state index contributed by atoms with van der Waals surface area (Å²) in [6, 6.07) is 72.0. The number of amides is 4. The zero-order valence-corrected chi connectivity index (χ0v) is 78.4. The predicted octanol–water partition coefficient (Wildman–Crippen LogP) is 23.3. The Morgan fingerprint density at radius 2 is 0.640 bits per heavy atom. The summed E-state index contributed by atoms with van der Waals surface area (Å²) in [5.74, 6) is -0.334. The molecule has 0 bridgehead atoms. The average molecular weight is 1910 g/mol. The maximum absolute atomic E-state index is 13.2. The second-order valence-electron chi connectivity index (χ2n) is 33.4. The molecule has 7 atom stereocenters. The number of carbonyl (C=O) groups excluding carboxylic acids is 4. The number of benzene rings is 10. The number of aliphatic hydroxyl groups excluding tert-OH is 3. The van der Waals surface area contributed by atoms with Crippen LogP contribution in [0.5, 0.6) is 0 Å². The van der Waals surface area contributed by atoms with Crippen molar-refractivity contribution < 1.29 is 34.5 Å². The zero-order chi connectivity index (χ0) is 88.5. The van der Waals surface area contributed by atoms with E-state index in [1.807, 2.05) is 218 Å². The van der Waals surface area contributed by atoms with Crippen LogP contribution in [0, 0.1) is 39.5 Å². The number of aliphatic hydroxyl groups is 3. The van der Waals surface area contributed by atoms with E-state index in [4.69, 9.17) is 92.8 Å². The van der Waals surface area contributed by atoms with Gasteiger partial charge in [-0.2, -0.15) is 0 Å². The van der Waals surface area contributed by atoms with Crippen molar-refractivity contribution in [2.45, 2.75) is 134 Å². The lowest BCUT2D eigenvalue weighted by molar-refractivity contribution is -0.145. The average Bonchev–Trinajstić information content (AvgIpc) is 0.795. The number of rotatable bonds is 17. The van der Waals surface area contributed by atoms with Crippen molar-refractivity contribution in [3.63, 3.8) is 0 Å². The molecule has 658 valence electrons. The number of nitrogens with zero attached hydrogens (tertiary/aromatic N) is 8. The van der Waals surface area contributed by atoms with Gasteiger partial charge in [-0.3, -0.25) is 19.2 Å². The van der Waals surface area contributed by atoms with Crippen molar-refractivity contribution in [2.24, 2.45) is 11.8 Å². The van der Waals surface area contributed by atoms with Gasteiger partial charge in [-0.15, -0.1) is 0 Å². The highest BCUT2D eigenvalue weighted by atomic mass is 79.9. The van der Waals surface area contributed by atoms with Gasteiger partial charge in [0.1, 0.15) is 12.2 Å².